The summed E-state index contributed by atoms with van der Waals surface area (Å²) in [6.07, 6.45) is 4.02. The molecule has 1 aromatic heterocycles. The molecule has 2 heterocycles. The summed E-state index contributed by atoms with van der Waals surface area (Å²) in [7, 11) is 0. The molecule has 1 saturated heterocycles. The standard InChI is InChI=1S/C21H23N3O3/c1-14-19(12-23-24-14)17-8-9-20(18-7-3-2-6-16(17)18)27-13-21(25)22-11-15-5-4-10-26-15/h2-3,6-9,12,15H,4-5,10-11,13H2,1H3,(H,22,25)(H,23,24). The molecule has 1 atom stereocenters. The van der Waals surface area contributed by atoms with Crippen LogP contribution in [0.1, 0.15) is 18.5 Å². The van der Waals surface area contributed by atoms with E-state index in [2.05, 4.69) is 21.6 Å². The molecule has 1 unspecified atom stereocenters. The average molecular weight is 365 g/mol. The zero-order chi connectivity index (χ0) is 18.6. The number of hydrogen-bond donors (Lipinski definition) is 2. The van der Waals surface area contributed by atoms with E-state index in [1.165, 1.54) is 0 Å². The number of hydrogen-bond acceptors (Lipinski definition) is 4. The Hall–Kier alpha value is -2.86. The van der Waals surface area contributed by atoms with E-state index in [0.29, 0.717) is 12.3 Å². The van der Waals surface area contributed by atoms with E-state index >= 15 is 0 Å². The maximum absolute atomic E-state index is 12.1. The summed E-state index contributed by atoms with van der Waals surface area (Å²) in [6, 6.07) is 12.0. The van der Waals surface area contributed by atoms with Gasteiger partial charge in [-0.3, -0.25) is 9.89 Å². The van der Waals surface area contributed by atoms with Crippen LogP contribution in [0.3, 0.4) is 0 Å². The highest BCUT2D eigenvalue weighted by Gasteiger charge is 2.17. The molecule has 6 nitrogen and oxygen atoms in total. The van der Waals surface area contributed by atoms with Gasteiger partial charge in [0.05, 0.1) is 12.3 Å². The van der Waals surface area contributed by atoms with Crippen LogP contribution >= 0.6 is 0 Å². The van der Waals surface area contributed by atoms with Gasteiger partial charge in [-0.2, -0.15) is 5.10 Å². The van der Waals surface area contributed by atoms with Crippen LogP contribution in [0, 0.1) is 6.92 Å². The first-order valence-electron chi connectivity index (χ1n) is 9.25. The third kappa shape index (κ3) is 3.80. The summed E-state index contributed by atoms with van der Waals surface area (Å²) in [5.41, 5.74) is 3.17. The zero-order valence-corrected chi connectivity index (χ0v) is 15.3. The molecule has 2 aromatic carbocycles. The molecule has 2 N–H and O–H groups in total. The maximum atomic E-state index is 12.1. The Balaban J connectivity index is 1.49. The Labute approximate surface area is 157 Å². The minimum absolute atomic E-state index is 0.0131. The number of ether oxygens (including phenoxy) is 2. The minimum atomic E-state index is -0.135. The lowest BCUT2D eigenvalue weighted by atomic mass is 9.98. The number of fused-ring (bicyclic) bond motifs is 1. The molecule has 0 saturated carbocycles. The smallest absolute Gasteiger partial charge is 0.258 e. The minimum Gasteiger partial charge on any atom is -0.483 e. The number of benzene rings is 2. The van der Waals surface area contributed by atoms with E-state index in [-0.39, 0.29) is 18.6 Å². The summed E-state index contributed by atoms with van der Waals surface area (Å²) in [5.74, 6) is 0.562. The van der Waals surface area contributed by atoms with E-state index in [1.54, 1.807) is 0 Å². The fraction of sp³-hybridized carbons (Fsp3) is 0.333. The molecule has 1 aliphatic heterocycles. The molecule has 1 aliphatic rings. The van der Waals surface area contributed by atoms with Crippen molar-refractivity contribution in [3.8, 4) is 16.9 Å². The fourth-order valence-corrected chi connectivity index (χ4v) is 3.48. The quantitative estimate of drug-likeness (QED) is 0.703. The van der Waals surface area contributed by atoms with Gasteiger partial charge in [0.2, 0.25) is 0 Å². The van der Waals surface area contributed by atoms with Crippen molar-refractivity contribution in [1.29, 1.82) is 0 Å². The number of amides is 1. The second kappa shape index (κ2) is 7.80. The lowest BCUT2D eigenvalue weighted by Gasteiger charge is -2.14. The second-order valence-electron chi connectivity index (χ2n) is 6.79. The number of carbonyl (C=O) groups excluding carboxylic acids is 1. The van der Waals surface area contributed by atoms with Crippen molar-refractivity contribution in [2.75, 3.05) is 19.8 Å². The van der Waals surface area contributed by atoms with Crippen LogP contribution in [-0.2, 0) is 9.53 Å². The summed E-state index contributed by atoms with van der Waals surface area (Å²) in [4.78, 5) is 12.1. The maximum Gasteiger partial charge on any atom is 0.258 e. The molecular weight excluding hydrogens is 342 g/mol. The second-order valence-corrected chi connectivity index (χ2v) is 6.79. The topological polar surface area (TPSA) is 76.2 Å². The third-order valence-corrected chi connectivity index (χ3v) is 4.91. The Bertz CT molecular complexity index is 945. The fourth-order valence-electron chi connectivity index (χ4n) is 3.48. The largest absolute Gasteiger partial charge is 0.483 e. The molecule has 1 fully saturated rings. The van der Waals surface area contributed by atoms with Gasteiger partial charge in [-0.25, -0.2) is 0 Å². The van der Waals surface area contributed by atoms with E-state index in [1.807, 2.05) is 43.5 Å². The molecule has 0 spiro atoms. The number of carbonyl (C=O) groups is 1. The van der Waals surface area contributed by atoms with Crippen LogP contribution in [0.4, 0.5) is 0 Å². The number of aryl methyl sites for hydroxylation is 1. The number of nitrogens with zero attached hydrogens (tertiary/aromatic N) is 1. The SMILES string of the molecule is Cc1[nH]ncc1-c1ccc(OCC(=O)NCC2CCCO2)c2ccccc12. The van der Waals surface area contributed by atoms with Crippen molar-refractivity contribution in [3.05, 3.63) is 48.3 Å². The van der Waals surface area contributed by atoms with Crippen molar-refractivity contribution >= 4 is 16.7 Å². The van der Waals surface area contributed by atoms with Gasteiger partial charge < -0.3 is 14.8 Å². The predicted octanol–water partition coefficient (Wildman–Crippen LogP) is 3.21. The van der Waals surface area contributed by atoms with Crippen molar-refractivity contribution in [2.45, 2.75) is 25.9 Å². The Morgan fingerprint density at radius 2 is 2.11 bits per heavy atom. The van der Waals surface area contributed by atoms with Crippen LogP contribution in [0.25, 0.3) is 21.9 Å². The van der Waals surface area contributed by atoms with Crippen LogP contribution in [0.5, 0.6) is 5.75 Å². The molecule has 4 rings (SSSR count). The Kier molecular flexibility index (Phi) is 5.07. The van der Waals surface area contributed by atoms with Crippen molar-refractivity contribution in [3.63, 3.8) is 0 Å². The van der Waals surface area contributed by atoms with Gasteiger partial charge in [0.25, 0.3) is 5.91 Å². The van der Waals surface area contributed by atoms with Crippen molar-refractivity contribution in [2.24, 2.45) is 0 Å². The summed E-state index contributed by atoms with van der Waals surface area (Å²) in [6.45, 7) is 3.31. The highest BCUT2D eigenvalue weighted by molar-refractivity contribution is 6.00. The lowest BCUT2D eigenvalue weighted by Crippen LogP contribution is -2.35. The van der Waals surface area contributed by atoms with Crippen molar-refractivity contribution < 1.29 is 14.3 Å². The first kappa shape index (κ1) is 17.5. The van der Waals surface area contributed by atoms with Gasteiger partial charge >= 0.3 is 0 Å². The summed E-state index contributed by atoms with van der Waals surface area (Å²) in [5, 5.41) is 12.0. The van der Waals surface area contributed by atoms with Crippen molar-refractivity contribution in [1.82, 2.24) is 15.5 Å². The summed E-state index contributed by atoms with van der Waals surface area (Å²) < 4.78 is 11.3. The third-order valence-electron chi connectivity index (χ3n) is 4.91. The number of H-pyrrole nitrogens is 1. The Morgan fingerprint density at radius 3 is 2.85 bits per heavy atom. The zero-order valence-electron chi connectivity index (χ0n) is 15.3. The van der Waals surface area contributed by atoms with Gasteiger partial charge in [-0.05, 0) is 42.8 Å². The molecule has 6 heteroatoms. The van der Waals surface area contributed by atoms with E-state index in [0.717, 1.165) is 47.0 Å². The lowest BCUT2D eigenvalue weighted by molar-refractivity contribution is -0.123. The monoisotopic (exact) mass is 365 g/mol. The highest BCUT2D eigenvalue weighted by Crippen LogP contribution is 2.35. The summed E-state index contributed by atoms with van der Waals surface area (Å²) >= 11 is 0. The van der Waals surface area contributed by atoms with Crippen LogP contribution in [0.2, 0.25) is 0 Å². The molecule has 0 radical (unpaired) electrons. The van der Waals surface area contributed by atoms with Crippen LogP contribution < -0.4 is 10.1 Å². The Morgan fingerprint density at radius 1 is 1.26 bits per heavy atom. The number of aromatic nitrogens is 2. The van der Waals surface area contributed by atoms with E-state index in [4.69, 9.17) is 9.47 Å². The van der Waals surface area contributed by atoms with E-state index < -0.39 is 0 Å². The van der Waals surface area contributed by atoms with E-state index in [9.17, 15) is 4.79 Å². The first-order valence-corrected chi connectivity index (χ1v) is 9.25. The van der Waals surface area contributed by atoms with Gasteiger partial charge in [-0.1, -0.05) is 24.3 Å². The average Bonchev–Trinajstić information content (AvgIpc) is 3.36. The molecule has 27 heavy (non-hydrogen) atoms. The normalized spacial score (nSPS) is 16.6. The molecule has 1 amide bonds. The van der Waals surface area contributed by atoms with Gasteiger partial charge in [0.15, 0.2) is 6.61 Å². The molecule has 0 bridgehead atoms. The van der Waals surface area contributed by atoms with Gasteiger partial charge in [-0.15, -0.1) is 0 Å². The molecule has 3 aromatic rings. The van der Waals surface area contributed by atoms with Gasteiger partial charge in [0, 0.05) is 29.8 Å². The number of rotatable bonds is 6. The molecule has 0 aliphatic carbocycles. The molecular formula is C21H23N3O3. The highest BCUT2D eigenvalue weighted by atomic mass is 16.5. The first-order chi connectivity index (χ1) is 13.2. The number of aromatic amines is 1. The van der Waals surface area contributed by atoms with Crippen LogP contribution in [0.15, 0.2) is 42.6 Å². The predicted molar refractivity (Wildman–Crippen MR) is 104 cm³/mol. The van der Waals surface area contributed by atoms with Gasteiger partial charge in [0.1, 0.15) is 5.75 Å². The molecule has 140 valence electrons. The van der Waals surface area contributed by atoms with Crippen LogP contribution in [-0.4, -0.2) is 42.0 Å². The number of nitrogens with one attached hydrogen (secondary N) is 2.